The summed E-state index contributed by atoms with van der Waals surface area (Å²) in [6, 6.07) is 20.6. The predicted octanol–water partition coefficient (Wildman–Crippen LogP) is 6.19. The Morgan fingerprint density at radius 1 is 0.833 bits per heavy atom. The van der Waals surface area contributed by atoms with Crippen LogP contribution in [-0.4, -0.2) is 39.9 Å². The van der Waals surface area contributed by atoms with Crippen LogP contribution < -0.4 is 5.32 Å². The van der Waals surface area contributed by atoms with Gasteiger partial charge in [-0.15, -0.1) is 0 Å². The Bertz CT molecular complexity index is 1800. The van der Waals surface area contributed by atoms with E-state index >= 15 is 0 Å². The number of anilines is 1. The molecular weight excluding hydrogens is 581 g/mol. The third-order valence-electron chi connectivity index (χ3n) is 7.89. The summed E-state index contributed by atoms with van der Waals surface area (Å²) in [5.74, 6) is -7.60. The molecule has 2 N–H and O–H groups in total. The largest absolute Gasteiger partial charge is 0.481 e. The molecule has 210 valence electrons. The van der Waals surface area contributed by atoms with Gasteiger partial charge in [-0.3, -0.25) is 24.0 Å². The number of halogens is 2. The first-order valence-corrected chi connectivity index (χ1v) is 13.7. The van der Waals surface area contributed by atoms with Crippen LogP contribution in [0.5, 0.6) is 0 Å². The monoisotopic (exact) mass is 601 g/mol. The van der Waals surface area contributed by atoms with Gasteiger partial charge < -0.3 is 15.2 Å². The molecule has 10 heteroatoms. The first-order chi connectivity index (χ1) is 20.0. The van der Waals surface area contributed by atoms with E-state index in [9.17, 15) is 29.1 Å². The molecule has 1 fully saturated rings. The molecule has 0 aromatic heterocycles. The molecule has 3 unspecified atom stereocenters. The van der Waals surface area contributed by atoms with Gasteiger partial charge in [0, 0.05) is 22.4 Å². The van der Waals surface area contributed by atoms with Crippen LogP contribution in [0.3, 0.4) is 0 Å². The topological polar surface area (TPSA) is 127 Å². The van der Waals surface area contributed by atoms with Gasteiger partial charge in [0.05, 0.1) is 22.1 Å². The molecule has 1 spiro atoms. The number of hydrogen-bond acceptors (Lipinski definition) is 6. The van der Waals surface area contributed by atoms with Crippen molar-refractivity contribution in [3.63, 3.8) is 0 Å². The Morgan fingerprint density at radius 3 is 1.95 bits per heavy atom. The van der Waals surface area contributed by atoms with Gasteiger partial charge in [0.2, 0.25) is 23.1 Å². The summed E-state index contributed by atoms with van der Waals surface area (Å²) in [5, 5.41) is 14.9. The molecule has 1 aliphatic carbocycles. The third kappa shape index (κ3) is 4.22. The normalized spacial score (nSPS) is 20.6. The number of carbonyl (C=O) groups excluding carboxylic acids is 4. The maximum atomic E-state index is 14.1. The van der Waals surface area contributed by atoms with E-state index in [0.717, 1.165) is 0 Å². The van der Waals surface area contributed by atoms with Crippen molar-refractivity contribution in [2.24, 2.45) is 11.8 Å². The number of carboxylic acid groups (broad SMARTS) is 1. The van der Waals surface area contributed by atoms with Gasteiger partial charge >= 0.3 is 5.97 Å². The van der Waals surface area contributed by atoms with Crippen LogP contribution in [0.4, 0.5) is 5.69 Å². The maximum Gasteiger partial charge on any atom is 0.311 e. The highest BCUT2D eigenvalue weighted by Gasteiger charge is 2.71. The van der Waals surface area contributed by atoms with E-state index < -0.39 is 47.0 Å². The number of amides is 1. The first kappa shape index (κ1) is 27.8. The molecule has 0 radical (unpaired) electrons. The Morgan fingerprint density at radius 2 is 1.43 bits per heavy atom. The molecule has 6 rings (SSSR count). The zero-order valence-corrected chi connectivity index (χ0v) is 23.4. The van der Waals surface area contributed by atoms with E-state index in [1.807, 2.05) is 0 Å². The second-order valence-corrected chi connectivity index (χ2v) is 11.1. The van der Waals surface area contributed by atoms with Gasteiger partial charge in [-0.2, -0.15) is 0 Å². The summed E-state index contributed by atoms with van der Waals surface area (Å²) in [6.45, 7) is 1.40. The SMILES string of the molecule is CC(=O)c1ccc(NC(=O)C2C(c3ccc(Cl)c(Cl)c3)OC3(C(=O)c4cc5ccccc5cc4C3=O)C2C(=O)O)cc1. The van der Waals surface area contributed by atoms with E-state index in [1.54, 1.807) is 36.4 Å². The fourth-order valence-corrected chi connectivity index (χ4v) is 6.18. The van der Waals surface area contributed by atoms with Crippen molar-refractivity contribution >= 4 is 68.9 Å². The summed E-state index contributed by atoms with van der Waals surface area (Å²) in [5.41, 5.74) is -1.48. The Hall–Kier alpha value is -4.37. The minimum atomic E-state index is -2.50. The van der Waals surface area contributed by atoms with Crippen molar-refractivity contribution in [3.8, 4) is 0 Å². The van der Waals surface area contributed by atoms with Crippen LogP contribution in [0.25, 0.3) is 10.8 Å². The van der Waals surface area contributed by atoms with Crippen LogP contribution in [0.2, 0.25) is 10.0 Å². The highest BCUT2D eigenvalue weighted by atomic mass is 35.5. The van der Waals surface area contributed by atoms with Crippen molar-refractivity contribution in [1.82, 2.24) is 0 Å². The minimum absolute atomic E-state index is 0.0266. The number of nitrogens with one attached hydrogen (secondary N) is 1. The summed E-state index contributed by atoms with van der Waals surface area (Å²) >= 11 is 12.4. The van der Waals surface area contributed by atoms with Crippen molar-refractivity contribution in [2.75, 3.05) is 5.32 Å². The lowest BCUT2D eigenvalue weighted by Crippen LogP contribution is -2.52. The zero-order valence-electron chi connectivity index (χ0n) is 21.9. The molecule has 4 aromatic carbocycles. The van der Waals surface area contributed by atoms with E-state index in [0.29, 0.717) is 16.3 Å². The van der Waals surface area contributed by atoms with E-state index in [2.05, 4.69) is 5.32 Å². The van der Waals surface area contributed by atoms with E-state index in [1.165, 1.54) is 49.4 Å². The maximum absolute atomic E-state index is 14.1. The summed E-state index contributed by atoms with van der Waals surface area (Å²) < 4.78 is 6.23. The number of carboxylic acids is 1. The number of rotatable bonds is 5. The first-order valence-electron chi connectivity index (χ1n) is 12.9. The van der Waals surface area contributed by atoms with E-state index in [-0.39, 0.29) is 38.2 Å². The van der Waals surface area contributed by atoms with Crippen molar-refractivity contribution < 1.29 is 33.8 Å². The average molecular weight is 602 g/mol. The lowest BCUT2D eigenvalue weighted by molar-refractivity contribution is -0.147. The van der Waals surface area contributed by atoms with Crippen molar-refractivity contribution in [3.05, 3.63) is 111 Å². The lowest BCUT2D eigenvalue weighted by atomic mass is 9.75. The van der Waals surface area contributed by atoms with Crippen LogP contribution in [0.1, 0.15) is 49.7 Å². The fraction of sp³-hybridized carbons (Fsp3) is 0.156. The Kier molecular flexibility index (Phi) is 6.73. The number of aliphatic carboxylic acids is 1. The standard InChI is InChI=1S/C32H21Cl2NO7/c1-15(36)16-6-9-20(10-7-16)35-30(39)25-26(31(40)41)32(42-27(25)19-8-11-23(33)24(34)14-19)28(37)21-12-17-4-2-3-5-18(17)13-22(21)29(32)38/h2-14,25-27H,1H3,(H,35,39)(H,40,41). The van der Waals surface area contributed by atoms with Gasteiger partial charge in [-0.05, 0) is 71.8 Å². The lowest BCUT2D eigenvalue weighted by Gasteiger charge is -2.25. The second-order valence-electron chi connectivity index (χ2n) is 10.3. The smallest absolute Gasteiger partial charge is 0.311 e. The number of benzene rings is 4. The molecule has 4 aromatic rings. The number of ketones is 3. The second kappa shape index (κ2) is 10.2. The number of hydrogen-bond donors (Lipinski definition) is 2. The predicted molar refractivity (Wildman–Crippen MR) is 155 cm³/mol. The molecule has 2 aliphatic rings. The molecule has 1 heterocycles. The van der Waals surface area contributed by atoms with Crippen LogP contribution in [0, 0.1) is 11.8 Å². The molecule has 1 aliphatic heterocycles. The van der Waals surface area contributed by atoms with Crippen molar-refractivity contribution in [2.45, 2.75) is 18.6 Å². The van der Waals surface area contributed by atoms with Crippen LogP contribution in [0.15, 0.2) is 78.9 Å². The average Bonchev–Trinajstić information content (AvgIpc) is 3.43. The van der Waals surface area contributed by atoms with Gasteiger partial charge in [0.15, 0.2) is 5.78 Å². The molecule has 8 nitrogen and oxygen atoms in total. The number of ether oxygens (including phenoxy) is 1. The third-order valence-corrected chi connectivity index (χ3v) is 8.62. The van der Waals surface area contributed by atoms with Crippen LogP contribution in [-0.2, 0) is 14.3 Å². The highest BCUT2D eigenvalue weighted by Crippen LogP contribution is 2.55. The minimum Gasteiger partial charge on any atom is -0.481 e. The fourth-order valence-electron chi connectivity index (χ4n) is 5.88. The van der Waals surface area contributed by atoms with Gasteiger partial charge in [-0.1, -0.05) is 53.5 Å². The van der Waals surface area contributed by atoms with E-state index in [4.69, 9.17) is 27.9 Å². The molecule has 3 atom stereocenters. The molecule has 1 saturated heterocycles. The summed E-state index contributed by atoms with van der Waals surface area (Å²) in [7, 11) is 0. The summed E-state index contributed by atoms with van der Waals surface area (Å²) in [4.78, 5) is 66.7. The van der Waals surface area contributed by atoms with Gasteiger partial charge in [-0.25, -0.2) is 0 Å². The number of carbonyl (C=O) groups is 5. The molecule has 42 heavy (non-hydrogen) atoms. The summed E-state index contributed by atoms with van der Waals surface area (Å²) in [6.07, 6.45) is -1.35. The number of Topliss-reactive ketones (excluding diaryl/α,β-unsaturated/α-hetero) is 3. The zero-order chi connectivity index (χ0) is 29.9. The van der Waals surface area contributed by atoms with Crippen LogP contribution >= 0.6 is 23.2 Å². The Labute approximate surface area is 249 Å². The van der Waals surface area contributed by atoms with Gasteiger partial charge in [0.25, 0.3) is 0 Å². The highest BCUT2D eigenvalue weighted by molar-refractivity contribution is 6.42. The molecule has 0 saturated carbocycles. The number of fused-ring (bicyclic) bond motifs is 2. The quantitative estimate of drug-likeness (QED) is 0.206. The molecule has 1 amide bonds. The Balaban J connectivity index is 1.49. The molecule has 0 bridgehead atoms. The molecular formula is C32H21Cl2NO7. The van der Waals surface area contributed by atoms with Crippen molar-refractivity contribution in [1.29, 1.82) is 0 Å². The van der Waals surface area contributed by atoms with Gasteiger partial charge in [0.1, 0.15) is 5.92 Å².